The summed E-state index contributed by atoms with van der Waals surface area (Å²) in [5, 5.41) is 6.25. The molecule has 2 aliphatic rings. The minimum absolute atomic E-state index is 0.621. The summed E-state index contributed by atoms with van der Waals surface area (Å²) in [5.41, 5.74) is 1.73. The zero-order valence-electron chi connectivity index (χ0n) is 14.1. The highest BCUT2D eigenvalue weighted by Crippen LogP contribution is 2.39. The van der Waals surface area contributed by atoms with Gasteiger partial charge in [-0.1, -0.05) is 45.3 Å². The molecule has 0 aromatic carbocycles. The van der Waals surface area contributed by atoms with E-state index in [-0.39, 0.29) is 0 Å². The fraction of sp³-hybridized carbons (Fsp3) is 0.889. The Kier molecular flexibility index (Phi) is 8.05. The monoisotopic (exact) mass is 327 g/mol. The predicted octanol–water partition coefficient (Wildman–Crippen LogP) is 5.26. The van der Waals surface area contributed by atoms with Gasteiger partial charge in [0, 0.05) is 27.5 Å². The Morgan fingerprint density at radius 3 is 2.76 bits per heavy atom. The second kappa shape index (κ2) is 9.52. The summed E-state index contributed by atoms with van der Waals surface area (Å²) < 4.78 is 0. The SMILES string of the molecule is CCCNC(C1=CCCCCCC1)C1CSC(C)C(C)S1. The summed E-state index contributed by atoms with van der Waals surface area (Å²) in [7, 11) is 0. The third-order valence-corrected chi connectivity index (χ3v) is 8.28. The molecule has 0 radical (unpaired) electrons. The van der Waals surface area contributed by atoms with E-state index in [0.717, 1.165) is 22.3 Å². The molecule has 4 atom stereocenters. The van der Waals surface area contributed by atoms with Crippen LogP contribution in [0.25, 0.3) is 0 Å². The first-order chi connectivity index (χ1) is 10.2. The lowest BCUT2D eigenvalue weighted by Gasteiger charge is -2.38. The Balaban J connectivity index is 2.05. The van der Waals surface area contributed by atoms with E-state index in [0.29, 0.717) is 6.04 Å². The van der Waals surface area contributed by atoms with Gasteiger partial charge in [0.1, 0.15) is 0 Å². The molecule has 0 saturated carbocycles. The zero-order valence-corrected chi connectivity index (χ0v) is 15.7. The van der Waals surface area contributed by atoms with E-state index >= 15 is 0 Å². The van der Waals surface area contributed by atoms with Crippen molar-refractivity contribution in [1.29, 1.82) is 0 Å². The molecule has 1 N–H and O–H groups in total. The average Bonchev–Trinajstić information content (AvgIpc) is 2.44. The maximum absolute atomic E-state index is 3.89. The van der Waals surface area contributed by atoms with Crippen molar-refractivity contribution in [1.82, 2.24) is 5.32 Å². The third kappa shape index (κ3) is 5.51. The zero-order chi connectivity index (χ0) is 15.1. The molecule has 21 heavy (non-hydrogen) atoms. The third-order valence-electron chi connectivity index (χ3n) is 4.79. The van der Waals surface area contributed by atoms with Crippen molar-refractivity contribution < 1.29 is 0 Å². The molecule has 122 valence electrons. The molecule has 0 spiro atoms. The molecule has 0 bridgehead atoms. The van der Waals surface area contributed by atoms with Crippen molar-refractivity contribution in [3.63, 3.8) is 0 Å². The van der Waals surface area contributed by atoms with Crippen LogP contribution in [0.4, 0.5) is 0 Å². The molecule has 1 aliphatic heterocycles. The predicted molar refractivity (Wildman–Crippen MR) is 101 cm³/mol. The van der Waals surface area contributed by atoms with Crippen LogP contribution in [0.2, 0.25) is 0 Å². The van der Waals surface area contributed by atoms with Crippen molar-refractivity contribution in [2.24, 2.45) is 0 Å². The van der Waals surface area contributed by atoms with Crippen LogP contribution in [0.5, 0.6) is 0 Å². The van der Waals surface area contributed by atoms with E-state index in [9.17, 15) is 0 Å². The molecule has 4 unspecified atom stereocenters. The molecule has 1 aliphatic carbocycles. The van der Waals surface area contributed by atoms with Crippen molar-refractivity contribution >= 4 is 23.5 Å². The Bertz CT molecular complexity index is 329. The molecule has 3 heteroatoms. The summed E-state index contributed by atoms with van der Waals surface area (Å²) in [6.07, 6.45) is 12.1. The topological polar surface area (TPSA) is 12.0 Å². The van der Waals surface area contributed by atoms with Crippen LogP contribution in [0.3, 0.4) is 0 Å². The lowest BCUT2D eigenvalue weighted by Crippen LogP contribution is -2.45. The minimum atomic E-state index is 0.621. The number of hydrogen-bond acceptors (Lipinski definition) is 3. The summed E-state index contributed by atoms with van der Waals surface area (Å²) in [4.78, 5) is 0. The fourth-order valence-electron chi connectivity index (χ4n) is 3.28. The molecule has 0 amide bonds. The Labute approximate surface area is 140 Å². The quantitative estimate of drug-likeness (QED) is 0.692. The highest BCUT2D eigenvalue weighted by Gasteiger charge is 2.32. The van der Waals surface area contributed by atoms with Crippen LogP contribution in [0, 0.1) is 0 Å². The van der Waals surface area contributed by atoms with Crippen molar-refractivity contribution in [2.45, 2.75) is 87.5 Å². The highest BCUT2D eigenvalue weighted by molar-refractivity contribution is 8.07. The molecule has 2 rings (SSSR count). The maximum atomic E-state index is 3.89. The van der Waals surface area contributed by atoms with E-state index < -0.39 is 0 Å². The van der Waals surface area contributed by atoms with Gasteiger partial charge in [0.25, 0.3) is 0 Å². The Hall–Kier alpha value is 0.400. The van der Waals surface area contributed by atoms with E-state index in [1.165, 1.54) is 50.7 Å². The van der Waals surface area contributed by atoms with Gasteiger partial charge < -0.3 is 5.32 Å². The molecule has 0 aromatic heterocycles. The molecule has 1 saturated heterocycles. The first kappa shape index (κ1) is 17.7. The lowest BCUT2D eigenvalue weighted by atomic mass is 9.93. The van der Waals surface area contributed by atoms with E-state index in [1.54, 1.807) is 5.57 Å². The Morgan fingerprint density at radius 2 is 2.00 bits per heavy atom. The fourth-order valence-corrected chi connectivity index (χ4v) is 6.42. The van der Waals surface area contributed by atoms with Crippen LogP contribution >= 0.6 is 23.5 Å². The lowest BCUT2D eigenvalue weighted by molar-refractivity contribution is 0.522. The van der Waals surface area contributed by atoms with Gasteiger partial charge in [-0.15, -0.1) is 0 Å². The second-order valence-corrected chi connectivity index (χ2v) is 9.61. The first-order valence-corrected chi connectivity index (χ1v) is 10.9. The number of allylic oxidation sites excluding steroid dienone is 1. The molecule has 1 nitrogen and oxygen atoms in total. The van der Waals surface area contributed by atoms with Crippen molar-refractivity contribution in [2.75, 3.05) is 12.3 Å². The van der Waals surface area contributed by atoms with E-state index in [1.807, 2.05) is 0 Å². The van der Waals surface area contributed by atoms with Crippen LogP contribution in [0.15, 0.2) is 11.6 Å². The standard InChI is InChI=1S/C18H33NS2/c1-4-12-19-18(16-10-8-6-5-7-9-11-16)17-13-20-14(2)15(3)21-17/h10,14-15,17-19H,4-9,11-13H2,1-3H3. The molecule has 0 aromatic rings. The highest BCUT2D eigenvalue weighted by atomic mass is 32.2. The van der Waals surface area contributed by atoms with Crippen molar-refractivity contribution in [3.8, 4) is 0 Å². The average molecular weight is 328 g/mol. The number of nitrogens with one attached hydrogen (secondary N) is 1. The smallest absolute Gasteiger partial charge is 0.0407 e. The molecule has 1 fully saturated rings. The normalized spacial score (nSPS) is 32.9. The van der Waals surface area contributed by atoms with Gasteiger partial charge in [-0.2, -0.15) is 23.5 Å². The van der Waals surface area contributed by atoms with Gasteiger partial charge >= 0.3 is 0 Å². The summed E-state index contributed by atoms with van der Waals surface area (Å²) >= 11 is 4.42. The van der Waals surface area contributed by atoms with Gasteiger partial charge in [-0.3, -0.25) is 0 Å². The summed E-state index contributed by atoms with van der Waals surface area (Å²) in [6.45, 7) is 8.25. The maximum Gasteiger partial charge on any atom is 0.0407 e. The molecular weight excluding hydrogens is 294 g/mol. The minimum Gasteiger partial charge on any atom is -0.309 e. The summed E-state index contributed by atoms with van der Waals surface area (Å²) in [6, 6.07) is 0.621. The Morgan fingerprint density at radius 1 is 1.19 bits per heavy atom. The van der Waals surface area contributed by atoms with Crippen molar-refractivity contribution in [3.05, 3.63) is 11.6 Å². The van der Waals surface area contributed by atoms with Gasteiger partial charge in [0.15, 0.2) is 0 Å². The molecular formula is C18H33NS2. The second-order valence-electron chi connectivity index (χ2n) is 6.58. The molecule has 1 heterocycles. The first-order valence-electron chi connectivity index (χ1n) is 8.91. The number of rotatable bonds is 5. The van der Waals surface area contributed by atoms with Crippen LogP contribution < -0.4 is 5.32 Å². The summed E-state index contributed by atoms with van der Waals surface area (Å²) in [5.74, 6) is 1.31. The number of thioether (sulfide) groups is 2. The van der Waals surface area contributed by atoms with Gasteiger partial charge in [-0.25, -0.2) is 0 Å². The van der Waals surface area contributed by atoms with Gasteiger partial charge in [0.2, 0.25) is 0 Å². The van der Waals surface area contributed by atoms with Gasteiger partial charge in [-0.05, 0) is 38.6 Å². The van der Waals surface area contributed by atoms with Gasteiger partial charge in [0.05, 0.1) is 0 Å². The van der Waals surface area contributed by atoms with E-state index in [4.69, 9.17) is 0 Å². The number of hydrogen-bond donors (Lipinski definition) is 1. The van der Waals surface area contributed by atoms with Crippen LogP contribution in [-0.4, -0.2) is 34.1 Å². The largest absolute Gasteiger partial charge is 0.309 e. The van der Waals surface area contributed by atoms with E-state index in [2.05, 4.69) is 55.7 Å². The van der Waals surface area contributed by atoms with Crippen LogP contribution in [-0.2, 0) is 0 Å². The van der Waals surface area contributed by atoms with Crippen LogP contribution in [0.1, 0.15) is 65.7 Å².